The van der Waals surface area contributed by atoms with E-state index in [0.717, 1.165) is 11.1 Å². The van der Waals surface area contributed by atoms with Crippen molar-refractivity contribution in [3.8, 4) is 0 Å². The van der Waals surface area contributed by atoms with E-state index in [1.54, 1.807) is 6.92 Å². The molecule has 0 aromatic heterocycles. The molecule has 14 heavy (non-hydrogen) atoms. The minimum absolute atomic E-state index is 0.408. The maximum atomic E-state index is 12.9. The summed E-state index contributed by atoms with van der Waals surface area (Å²) in [6, 6.07) is 2.43. The molecule has 0 fully saturated rings. The molecule has 0 saturated heterocycles. The molecule has 0 unspecified atom stereocenters. The molecule has 0 bridgehead atoms. The Kier molecular flexibility index (Phi) is 2.90. The lowest BCUT2D eigenvalue weighted by Gasteiger charge is -2.19. The molecule has 0 atom stereocenters. The lowest BCUT2D eigenvalue weighted by Crippen LogP contribution is -2.34. The molecular weight excluding hydrogens is 184 g/mol. The number of hydrogen-bond donors (Lipinski definition) is 1. The summed E-state index contributed by atoms with van der Waals surface area (Å²) in [5.74, 6) is -1.61. The number of benzene rings is 1. The second-order valence-electron chi connectivity index (χ2n) is 4.36. The van der Waals surface area contributed by atoms with Crippen molar-refractivity contribution in [1.82, 2.24) is 0 Å². The Hall–Kier alpha value is -0.960. The van der Waals surface area contributed by atoms with E-state index >= 15 is 0 Å². The summed E-state index contributed by atoms with van der Waals surface area (Å²) < 4.78 is 25.7. The second kappa shape index (κ2) is 3.65. The Labute approximate surface area is 82.9 Å². The number of halogens is 2. The molecule has 1 nitrogen and oxygen atoms in total. The third-order valence-electron chi connectivity index (χ3n) is 2.02. The highest BCUT2D eigenvalue weighted by molar-refractivity contribution is 5.29. The van der Waals surface area contributed by atoms with E-state index in [4.69, 9.17) is 5.73 Å². The average molecular weight is 199 g/mol. The van der Waals surface area contributed by atoms with Crippen LogP contribution >= 0.6 is 0 Å². The molecule has 0 spiro atoms. The molecule has 1 rings (SSSR count). The van der Waals surface area contributed by atoms with Crippen LogP contribution in [0.25, 0.3) is 0 Å². The van der Waals surface area contributed by atoms with Crippen LogP contribution < -0.4 is 5.73 Å². The van der Waals surface area contributed by atoms with E-state index in [2.05, 4.69) is 0 Å². The highest BCUT2D eigenvalue weighted by Crippen LogP contribution is 2.18. The van der Waals surface area contributed by atoms with Gasteiger partial charge >= 0.3 is 0 Å². The predicted octanol–water partition coefficient (Wildman–Crippen LogP) is 2.55. The summed E-state index contributed by atoms with van der Waals surface area (Å²) in [6.45, 7) is 5.46. The van der Waals surface area contributed by atoms with Crippen LogP contribution in [-0.4, -0.2) is 5.54 Å². The smallest absolute Gasteiger partial charge is 0.159 e. The Morgan fingerprint density at radius 2 is 1.71 bits per heavy atom. The van der Waals surface area contributed by atoms with Gasteiger partial charge in [0.1, 0.15) is 0 Å². The third-order valence-corrected chi connectivity index (χ3v) is 2.02. The highest BCUT2D eigenvalue weighted by Gasteiger charge is 2.15. The van der Waals surface area contributed by atoms with Crippen molar-refractivity contribution < 1.29 is 8.78 Å². The van der Waals surface area contributed by atoms with Gasteiger partial charge in [-0.25, -0.2) is 8.78 Å². The first kappa shape index (κ1) is 11.1. The van der Waals surface area contributed by atoms with Gasteiger partial charge in [-0.3, -0.25) is 0 Å². The van der Waals surface area contributed by atoms with Gasteiger partial charge in [0.15, 0.2) is 11.6 Å². The maximum absolute atomic E-state index is 12.9. The Bertz CT molecular complexity index is 340. The van der Waals surface area contributed by atoms with Crippen LogP contribution in [0.4, 0.5) is 8.78 Å². The molecule has 0 aliphatic carbocycles. The van der Waals surface area contributed by atoms with Crippen molar-refractivity contribution in [3.05, 3.63) is 34.9 Å². The quantitative estimate of drug-likeness (QED) is 0.778. The van der Waals surface area contributed by atoms with Crippen molar-refractivity contribution in [2.75, 3.05) is 0 Å². The van der Waals surface area contributed by atoms with E-state index < -0.39 is 17.2 Å². The molecule has 0 heterocycles. The molecule has 78 valence electrons. The van der Waals surface area contributed by atoms with Crippen molar-refractivity contribution in [1.29, 1.82) is 0 Å². The van der Waals surface area contributed by atoms with E-state index in [1.807, 2.05) is 13.8 Å². The van der Waals surface area contributed by atoms with E-state index in [0.29, 0.717) is 6.42 Å². The first-order valence-electron chi connectivity index (χ1n) is 4.53. The van der Waals surface area contributed by atoms with Gasteiger partial charge in [0.2, 0.25) is 0 Å². The lowest BCUT2D eigenvalue weighted by atomic mass is 9.93. The van der Waals surface area contributed by atoms with Crippen LogP contribution in [0.1, 0.15) is 25.0 Å². The van der Waals surface area contributed by atoms with Gasteiger partial charge in [-0.15, -0.1) is 0 Å². The first-order valence-corrected chi connectivity index (χ1v) is 4.53. The zero-order chi connectivity index (χ0) is 10.9. The van der Waals surface area contributed by atoms with Crippen LogP contribution in [0.5, 0.6) is 0 Å². The predicted molar refractivity (Wildman–Crippen MR) is 53.1 cm³/mol. The first-order chi connectivity index (χ1) is 6.29. The molecular formula is C11H15F2N. The van der Waals surface area contributed by atoms with Gasteiger partial charge in [0.25, 0.3) is 0 Å². The minimum atomic E-state index is -0.810. The summed E-state index contributed by atoms with van der Waals surface area (Å²) in [5.41, 5.74) is 6.90. The second-order valence-corrected chi connectivity index (χ2v) is 4.36. The molecule has 0 amide bonds. The number of aryl methyl sites for hydroxylation is 1. The Morgan fingerprint density at radius 1 is 1.21 bits per heavy atom. The summed E-state index contributed by atoms with van der Waals surface area (Å²) >= 11 is 0. The number of hydrogen-bond acceptors (Lipinski definition) is 1. The van der Waals surface area contributed by atoms with Crippen molar-refractivity contribution in [3.63, 3.8) is 0 Å². The molecule has 0 aliphatic rings. The molecule has 0 radical (unpaired) electrons. The zero-order valence-corrected chi connectivity index (χ0v) is 8.70. The molecule has 1 aromatic carbocycles. The molecule has 1 aromatic rings. The largest absolute Gasteiger partial charge is 0.325 e. The topological polar surface area (TPSA) is 26.0 Å². The average Bonchev–Trinajstić information content (AvgIpc) is 1.97. The van der Waals surface area contributed by atoms with Crippen LogP contribution in [0.15, 0.2) is 12.1 Å². The van der Waals surface area contributed by atoms with Crippen molar-refractivity contribution >= 4 is 0 Å². The molecule has 3 heteroatoms. The standard InChI is InChI=1S/C11H15F2N/c1-7-4-9(12)10(13)5-8(7)6-11(2,3)14/h4-5H,6,14H2,1-3H3. The monoisotopic (exact) mass is 199 g/mol. The van der Waals surface area contributed by atoms with Crippen molar-refractivity contribution in [2.45, 2.75) is 32.7 Å². The SMILES string of the molecule is Cc1cc(F)c(F)cc1CC(C)(C)N. The summed E-state index contributed by atoms with van der Waals surface area (Å²) in [5, 5.41) is 0. The molecule has 0 saturated carbocycles. The summed E-state index contributed by atoms with van der Waals surface area (Å²) in [6.07, 6.45) is 0.538. The van der Waals surface area contributed by atoms with Gasteiger partial charge in [0, 0.05) is 5.54 Å². The van der Waals surface area contributed by atoms with E-state index in [1.165, 1.54) is 12.1 Å². The third kappa shape index (κ3) is 2.77. The van der Waals surface area contributed by atoms with Crippen LogP contribution in [0.3, 0.4) is 0 Å². The Balaban J connectivity index is 3.04. The minimum Gasteiger partial charge on any atom is -0.325 e. The zero-order valence-electron chi connectivity index (χ0n) is 8.70. The lowest BCUT2D eigenvalue weighted by molar-refractivity contribution is 0.492. The van der Waals surface area contributed by atoms with Gasteiger partial charge in [-0.2, -0.15) is 0 Å². The van der Waals surface area contributed by atoms with Crippen LogP contribution in [-0.2, 0) is 6.42 Å². The van der Waals surface area contributed by atoms with Gasteiger partial charge in [-0.05, 0) is 50.5 Å². The molecule has 2 N–H and O–H groups in total. The van der Waals surface area contributed by atoms with E-state index in [9.17, 15) is 8.78 Å². The van der Waals surface area contributed by atoms with E-state index in [-0.39, 0.29) is 0 Å². The van der Waals surface area contributed by atoms with Gasteiger partial charge in [-0.1, -0.05) is 0 Å². The fourth-order valence-corrected chi connectivity index (χ4v) is 1.37. The van der Waals surface area contributed by atoms with Crippen LogP contribution in [0.2, 0.25) is 0 Å². The number of rotatable bonds is 2. The Morgan fingerprint density at radius 3 is 2.21 bits per heavy atom. The summed E-state index contributed by atoms with van der Waals surface area (Å²) in [4.78, 5) is 0. The normalized spacial score (nSPS) is 11.9. The van der Waals surface area contributed by atoms with Crippen LogP contribution in [0, 0.1) is 18.6 Å². The summed E-state index contributed by atoms with van der Waals surface area (Å²) in [7, 11) is 0. The molecule has 0 aliphatic heterocycles. The van der Waals surface area contributed by atoms with Gasteiger partial charge < -0.3 is 5.73 Å². The fraction of sp³-hybridized carbons (Fsp3) is 0.455. The fourth-order valence-electron chi connectivity index (χ4n) is 1.37. The maximum Gasteiger partial charge on any atom is 0.159 e. The van der Waals surface area contributed by atoms with Crippen molar-refractivity contribution in [2.24, 2.45) is 5.73 Å². The highest BCUT2D eigenvalue weighted by atomic mass is 19.2. The van der Waals surface area contributed by atoms with Gasteiger partial charge in [0.05, 0.1) is 0 Å². The number of nitrogens with two attached hydrogens (primary N) is 1.